The average Bonchev–Trinajstić information content (AvgIpc) is 3.36. The highest BCUT2D eigenvalue weighted by atomic mass is 32.2. The summed E-state index contributed by atoms with van der Waals surface area (Å²) in [5.41, 5.74) is 0.739. The third kappa shape index (κ3) is 4.14. The number of pyridine rings is 1. The number of hydrogen-bond donors (Lipinski definition) is 1. The number of nitrogens with zero attached hydrogens (tertiary/aromatic N) is 2. The van der Waals surface area contributed by atoms with Gasteiger partial charge in [-0.15, -0.1) is 11.8 Å². The van der Waals surface area contributed by atoms with Crippen LogP contribution in [0.5, 0.6) is 0 Å². The molecule has 2 saturated carbocycles. The summed E-state index contributed by atoms with van der Waals surface area (Å²) in [6.45, 7) is 0. The highest BCUT2D eigenvalue weighted by Crippen LogP contribution is 2.36. The molecule has 1 N–H and O–H groups in total. The standard InChI is InChI=1S/C21H27N3OS/c25-20(22-16-8-2-1-3-9-16)18-12-13-19(24-14-6-7-15-24)23-21(18)26-17-10-4-5-11-17/h6-7,12-17H,1-5,8-11H2,(H,22,25). The first kappa shape index (κ1) is 17.7. The van der Waals surface area contributed by atoms with Crippen molar-refractivity contribution in [3.05, 3.63) is 42.2 Å². The molecule has 0 saturated heterocycles. The van der Waals surface area contributed by atoms with Crippen LogP contribution < -0.4 is 5.32 Å². The molecule has 0 bridgehead atoms. The van der Waals surface area contributed by atoms with Crippen molar-refractivity contribution in [3.8, 4) is 5.82 Å². The van der Waals surface area contributed by atoms with E-state index >= 15 is 0 Å². The molecular formula is C21H27N3OS. The summed E-state index contributed by atoms with van der Waals surface area (Å²) in [5.74, 6) is 0.925. The molecule has 5 heteroatoms. The Labute approximate surface area is 159 Å². The molecule has 2 heterocycles. The van der Waals surface area contributed by atoms with Gasteiger partial charge >= 0.3 is 0 Å². The molecule has 2 aromatic heterocycles. The van der Waals surface area contributed by atoms with E-state index in [1.165, 1.54) is 44.9 Å². The zero-order chi connectivity index (χ0) is 17.8. The number of carbonyl (C=O) groups is 1. The van der Waals surface area contributed by atoms with Crippen LogP contribution in [0.4, 0.5) is 0 Å². The third-order valence-corrected chi connectivity index (χ3v) is 6.82. The number of rotatable bonds is 5. The zero-order valence-corrected chi connectivity index (χ0v) is 16.0. The van der Waals surface area contributed by atoms with Gasteiger partial charge in [-0.2, -0.15) is 0 Å². The molecule has 4 rings (SSSR count). The van der Waals surface area contributed by atoms with Crippen molar-refractivity contribution in [1.82, 2.24) is 14.9 Å². The lowest BCUT2D eigenvalue weighted by Gasteiger charge is -2.23. The summed E-state index contributed by atoms with van der Waals surface area (Å²) in [6.07, 6.45) is 15.0. The largest absolute Gasteiger partial charge is 0.349 e. The maximum atomic E-state index is 12.9. The quantitative estimate of drug-likeness (QED) is 0.809. The molecule has 2 aromatic rings. The van der Waals surface area contributed by atoms with Crippen LogP contribution in [0.1, 0.15) is 68.1 Å². The minimum Gasteiger partial charge on any atom is -0.349 e. The van der Waals surface area contributed by atoms with Crippen molar-refractivity contribution >= 4 is 17.7 Å². The minimum atomic E-state index is 0.0453. The van der Waals surface area contributed by atoms with E-state index in [4.69, 9.17) is 4.98 Å². The van der Waals surface area contributed by atoms with Gasteiger partial charge in [0.1, 0.15) is 10.8 Å². The highest BCUT2D eigenvalue weighted by molar-refractivity contribution is 7.99. The first-order valence-corrected chi connectivity index (χ1v) is 10.8. The molecule has 0 aromatic carbocycles. The van der Waals surface area contributed by atoms with Crippen LogP contribution in [0.3, 0.4) is 0 Å². The van der Waals surface area contributed by atoms with Crippen molar-refractivity contribution in [2.75, 3.05) is 0 Å². The molecule has 0 aliphatic heterocycles. The molecule has 0 spiro atoms. The van der Waals surface area contributed by atoms with Gasteiger partial charge < -0.3 is 9.88 Å². The van der Waals surface area contributed by atoms with E-state index in [2.05, 4.69) is 5.32 Å². The lowest BCUT2D eigenvalue weighted by atomic mass is 9.95. The number of amides is 1. The number of nitrogens with one attached hydrogen (secondary N) is 1. The Morgan fingerprint density at radius 1 is 1.00 bits per heavy atom. The Bertz CT molecular complexity index is 732. The van der Waals surface area contributed by atoms with Gasteiger partial charge in [0.05, 0.1) is 5.56 Å². The minimum absolute atomic E-state index is 0.0453. The summed E-state index contributed by atoms with van der Waals surface area (Å²) >= 11 is 1.79. The molecule has 4 nitrogen and oxygen atoms in total. The summed E-state index contributed by atoms with van der Waals surface area (Å²) in [4.78, 5) is 17.8. The Morgan fingerprint density at radius 2 is 1.69 bits per heavy atom. The Balaban J connectivity index is 1.57. The molecule has 2 aliphatic rings. The van der Waals surface area contributed by atoms with Crippen LogP contribution in [-0.2, 0) is 0 Å². The Hall–Kier alpha value is -1.75. The Kier molecular flexibility index (Phi) is 5.63. The molecule has 0 atom stereocenters. The summed E-state index contributed by atoms with van der Waals surface area (Å²) < 4.78 is 2.00. The summed E-state index contributed by atoms with van der Waals surface area (Å²) in [5, 5.41) is 4.73. The van der Waals surface area contributed by atoms with Crippen LogP contribution in [0.15, 0.2) is 41.7 Å². The topological polar surface area (TPSA) is 46.9 Å². The molecule has 0 unspecified atom stereocenters. The zero-order valence-electron chi connectivity index (χ0n) is 15.2. The monoisotopic (exact) mass is 369 g/mol. The lowest BCUT2D eigenvalue weighted by molar-refractivity contribution is 0.0924. The van der Waals surface area contributed by atoms with Crippen molar-refractivity contribution in [2.45, 2.75) is 74.1 Å². The predicted molar refractivity (Wildman–Crippen MR) is 106 cm³/mol. The van der Waals surface area contributed by atoms with Crippen LogP contribution >= 0.6 is 11.8 Å². The van der Waals surface area contributed by atoms with E-state index in [9.17, 15) is 4.79 Å². The maximum Gasteiger partial charge on any atom is 0.254 e. The van der Waals surface area contributed by atoms with Gasteiger partial charge in [0, 0.05) is 23.7 Å². The summed E-state index contributed by atoms with van der Waals surface area (Å²) in [7, 11) is 0. The normalized spacial score (nSPS) is 18.9. The highest BCUT2D eigenvalue weighted by Gasteiger charge is 2.23. The first-order chi connectivity index (χ1) is 12.8. The number of carbonyl (C=O) groups excluding carboxylic acids is 1. The molecular weight excluding hydrogens is 342 g/mol. The SMILES string of the molecule is O=C(NC1CCCCC1)c1ccc(-n2cccc2)nc1SC1CCCC1. The second-order valence-corrected chi connectivity index (χ2v) is 8.73. The van der Waals surface area contributed by atoms with E-state index in [0.717, 1.165) is 29.2 Å². The fraction of sp³-hybridized carbons (Fsp3) is 0.524. The van der Waals surface area contributed by atoms with Crippen molar-refractivity contribution in [3.63, 3.8) is 0 Å². The fourth-order valence-electron chi connectivity index (χ4n) is 4.00. The molecule has 2 fully saturated rings. The van der Waals surface area contributed by atoms with Crippen molar-refractivity contribution < 1.29 is 4.79 Å². The first-order valence-electron chi connectivity index (χ1n) is 9.91. The van der Waals surface area contributed by atoms with E-state index in [-0.39, 0.29) is 5.91 Å². The van der Waals surface area contributed by atoms with Crippen molar-refractivity contribution in [2.24, 2.45) is 0 Å². The number of aromatic nitrogens is 2. The summed E-state index contributed by atoms with van der Waals surface area (Å²) in [6, 6.07) is 8.22. The molecule has 138 valence electrons. The second-order valence-electron chi connectivity index (χ2n) is 7.45. The van der Waals surface area contributed by atoms with E-state index in [1.807, 2.05) is 41.2 Å². The Morgan fingerprint density at radius 3 is 2.42 bits per heavy atom. The maximum absolute atomic E-state index is 12.9. The smallest absolute Gasteiger partial charge is 0.254 e. The van der Waals surface area contributed by atoms with Crippen LogP contribution in [0, 0.1) is 0 Å². The van der Waals surface area contributed by atoms with Gasteiger partial charge in [0.15, 0.2) is 0 Å². The van der Waals surface area contributed by atoms with Gasteiger partial charge in [-0.3, -0.25) is 4.79 Å². The van der Waals surface area contributed by atoms with Gasteiger partial charge in [0.25, 0.3) is 5.91 Å². The fourth-order valence-corrected chi connectivity index (χ4v) is 5.32. The average molecular weight is 370 g/mol. The third-order valence-electron chi connectivity index (χ3n) is 5.48. The molecule has 1 amide bonds. The van der Waals surface area contributed by atoms with Crippen LogP contribution in [0.2, 0.25) is 0 Å². The molecule has 0 radical (unpaired) electrons. The number of hydrogen-bond acceptors (Lipinski definition) is 3. The van der Waals surface area contributed by atoms with Gasteiger partial charge in [-0.05, 0) is 49.9 Å². The predicted octanol–water partition coefficient (Wildman–Crippen LogP) is 4.97. The van der Waals surface area contributed by atoms with E-state index < -0.39 is 0 Å². The van der Waals surface area contributed by atoms with Crippen molar-refractivity contribution in [1.29, 1.82) is 0 Å². The lowest BCUT2D eigenvalue weighted by Crippen LogP contribution is -2.36. The molecule has 2 aliphatic carbocycles. The van der Waals surface area contributed by atoms with Gasteiger partial charge in [0.2, 0.25) is 0 Å². The van der Waals surface area contributed by atoms with E-state index in [1.54, 1.807) is 11.8 Å². The second kappa shape index (κ2) is 8.30. The molecule has 26 heavy (non-hydrogen) atoms. The van der Waals surface area contributed by atoms with Gasteiger partial charge in [-0.1, -0.05) is 32.1 Å². The number of thioether (sulfide) groups is 1. The van der Waals surface area contributed by atoms with Crippen LogP contribution in [-0.4, -0.2) is 26.8 Å². The van der Waals surface area contributed by atoms with E-state index in [0.29, 0.717) is 11.3 Å². The van der Waals surface area contributed by atoms with Crippen LogP contribution in [0.25, 0.3) is 5.82 Å². The van der Waals surface area contributed by atoms with Gasteiger partial charge in [-0.25, -0.2) is 4.98 Å².